The molecule has 0 spiro atoms. The van der Waals surface area contributed by atoms with E-state index in [0.29, 0.717) is 31.5 Å². The number of aliphatic carboxylic acids is 1. The Balaban J connectivity index is 1.78. The van der Waals surface area contributed by atoms with Crippen molar-refractivity contribution in [3.63, 3.8) is 0 Å². The van der Waals surface area contributed by atoms with Crippen molar-refractivity contribution in [2.75, 3.05) is 13.1 Å². The molecule has 136 valence electrons. The number of aliphatic hydroxyl groups is 1. The van der Waals surface area contributed by atoms with Gasteiger partial charge in [-0.3, -0.25) is 15.0 Å². The molecule has 2 amide bonds. The Labute approximate surface area is 144 Å². The Kier molecular flexibility index (Phi) is 4.28. The van der Waals surface area contributed by atoms with Gasteiger partial charge in [0.15, 0.2) is 0 Å². The lowest BCUT2D eigenvalue weighted by Crippen LogP contribution is -2.61. The van der Waals surface area contributed by atoms with Crippen molar-refractivity contribution in [1.82, 2.24) is 9.80 Å². The monoisotopic (exact) mass is 350 g/mol. The number of primary amides is 1. The molecule has 0 unspecified atom stereocenters. The zero-order chi connectivity index (χ0) is 18.5. The first-order valence-corrected chi connectivity index (χ1v) is 8.30. The lowest BCUT2D eigenvalue weighted by Gasteiger charge is -2.44. The predicted molar refractivity (Wildman–Crippen MR) is 86.3 cm³/mol. The fourth-order valence-corrected chi connectivity index (χ4v) is 4.23. The number of carboxylic acid groups (broad SMARTS) is 1. The molecule has 3 aliphatic heterocycles. The molecule has 2 fully saturated rings. The molecule has 3 rings (SSSR count). The van der Waals surface area contributed by atoms with E-state index in [0.717, 1.165) is 0 Å². The van der Waals surface area contributed by atoms with Crippen LogP contribution in [0.2, 0.25) is 0 Å². The number of likely N-dealkylation sites (tertiary alicyclic amines) is 1. The van der Waals surface area contributed by atoms with Crippen molar-refractivity contribution in [2.24, 2.45) is 17.6 Å². The van der Waals surface area contributed by atoms with Crippen LogP contribution in [0.3, 0.4) is 0 Å². The quantitative estimate of drug-likeness (QED) is 0.287. The van der Waals surface area contributed by atoms with Crippen LogP contribution in [0, 0.1) is 17.2 Å². The molecule has 9 heteroatoms. The van der Waals surface area contributed by atoms with Gasteiger partial charge in [-0.2, -0.15) is 0 Å². The van der Waals surface area contributed by atoms with Crippen LogP contribution >= 0.6 is 0 Å². The molecule has 0 saturated carbocycles. The number of nitrogens with two attached hydrogens (primary N) is 1. The van der Waals surface area contributed by atoms with Gasteiger partial charge in [0.1, 0.15) is 11.5 Å². The third-order valence-electron chi connectivity index (χ3n) is 5.37. The van der Waals surface area contributed by atoms with Crippen molar-refractivity contribution in [2.45, 2.75) is 38.3 Å². The van der Waals surface area contributed by atoms with Crippen molar-refractivity contribution in [1.29, 1.82) is 5.41 Å². The summed E-state index contributed by atoms with van der Waals surface area (Å²) in [4.78, 5) is 37.9. The molecule has 0 radical (unpaired) electrons. The summed E-state index contributed by atoms with van der Waals surface area (Å²) in [5, 5.41) is 27.3. The summed E-state index contributed by atoms with van der Waals surface area (Å²) in [7, 11) is 0. The average molecular weight is 350 g/mol. The summed E-state index contributed by atoms with van der Waals surface area (Å²) >= 11 is 0. The number of β-lactam (4-membered cyclic amide) rings is 1. The number of fused-ring (bicyclic) bond motifs is 1. The van der Waals surface area contributed by atoms with E-state index in [1.54, 1.807) is 11.8 Å². The minimum Gasteiger partial charge on any atom is -0.477 e. The van der Waals surface area contributed by atoms with Crippen LogP contribution in [-0.2, 0) is 14.4 Å². The van der Waals surface area contributed by atoms with Crippen LogP contribution in [0.15, 0.2) is 11.3 Å². The highest BCUT2D eigenvalue weighted by molar-refractivity contribution is 6.00. The zero-order valence-electron chi connectivity index (χ0n) is 13.9. The van der Waals surface area contributed by atoms with Crippen LogP contribution < -0.4 is 5.73 Å². The molecule has 0 aromatic heterocycles. The molecule has 3 aliphatic rings. The highest BCUT2D eigenvalue weighted by Gasteiger charge is 2.57. The number of hydrogen-bond acceptors (Lipinski definition) is 5. The maximum atomic E-state index is 12.2. The van der Waals surface area contributed by atoms with Crippen molar-refractivity contribution >= 4 is 23.6 Å². The van der Waals surface area contributed by atoms with E-state index in [9.17, 15) is 24.6 Å². The second-order valence-corrected chi connectivity index (χ2v) is 6.95. The molecule has 0 aromatic rings. The molecule has 0 aliphatic carbocycles. The van der Waals surface area contributed by atoms with Gasteiger partial charge in [-0.05, 0) is 25.3 Å². The fraction of sp³-hybridized carbons (Fsp3) is 0.625. The molecular formula is C16H22N4O5. The van der Waals surface area contributed by atoms with Crippen LogP contribution in [-0.4, -0.2) is 68.9 Å². The Hall–Kier alpha value is -2.42. The van der Waals surface area contributed by atoms with Crippen molar-refractivity contribution in [3.8, 4) is 0 Å². The summed E-state index contributed by atoms with van der Waals surface area (Å²) in [6.07, 6.45) is 0.132. The predicted octanol–water partition coefficient (Wildman–Crippen LogP) is -0.889. The average Bonchev–Trinajstić information content (AvgIpc) is 3.08. The number of carbonyl (C=O) groups is 3. The van der Waals surface area contributed by atoms with E-state index < -0.39 is 23.9 Å². The van der Waals surface area contributed by atoms with Crippen LogP contribution in [0.4, 0.5) is 0 Å². The lowest BCUT2D eigenvalue weighted by atomic mass is 9.82. The van der Waals surface area contributed by atoms with E-state index in [1.165, 1.54) is 4.90 Å². The van der Waals surface area contributed by atoms with E-state index in [4.69, 9.17) is 11.1 Å². The molecule has 3 heterocycles. The second kappa shape index (κ2) is 6.14. The largest absolute Gasteiger partial charge is 0.477 e. The van der Waals surface area contributed by atoms with Gasteiger partial charge in [-0.15, -0.1) is 0 Å². The van der Waals surface area contributed by atoms with Crippen molar-refractivity contribution < 1.29 is 24.6 Å². The van der Waals surface area contributed by atoms with E-state index in [2.05, 4.69) is 0 Å². The smallest absolute Gasteiger partial charge is 0.352 e. The minimum atomic E-state index is -1.14. The molecule has 4 atom stereocenters. The number of aliphatic hydroxyl groups excluding tert-OH is 1. The second-order valence-electron chi connectivity index (χ2n) is 6.95. The Bertz CT molecular complexity index is 686. The molecule has 9 nitrogen and oxygen atoms in total. The van der Waals surface area contributed by atoms with Crippen LogP contribution in [0.1, 0.15) is 26.2 Å². The number of nitrogens with one attached hydrogen (secondary N) is 1. The summed E-state index contributed by atoms with van der Waals surface area (Å²) in [6.45, 7) is 2.53. The highest BCUT2D eigenvalue weighted by Crippen LogP contribution is 2.47. The topological polar surface area (TPSA) is 148 Å². The number of carboxylic acids is 1. The highest BCUT2D eigenvalue weighted by atomic mass is 16.4. The van der Waals surface area contributed by atoms with E-state index in [1.807, 2.05) is 0 Å². The first-order valence-electron chi connectivity index (χ1n) is 8.30. The van der Waals surface area contributed by atoms with Gasteiger partial charge >= 0.3 is 5.97 Å². The van der Waals surface area contributed by atoms with Crippen LogP contribution in [0.5, 0.6) is 0 Å². The molecule has 25 heavy (non-hydrogen) atoms. The lowest BCUT2D eigenvalue weighted by molar-refractivity contribution is -0.161. The SMILES string of the molecule is C[C@@H](O)[C@H]1C(=O)N2C(C(=O)O)=C([C@@H]3CCN(C(=N)CC(N)=O)C3)C[C@H]12. The number of amides is 2. The normalized spacial score (nSPS) is 29.5. The summed E-state index contributed by atoms with van der Waals surface area (Å²) < 4.78 is 0. The number of nitrogens with zero attached hydrogens (tertiary/aromatic N) is 2. The third kappa shape index (κ3) is 2.78. The van der Waals surface area contributed by atoms with Gasteiger partial charge in [-0.25, -0.2) is 4.79 Å². The van der Waals surface area contributed by atoms with Crippen molar-refractivity contribution in [3.05, 3.63) is 11.3 Å². The summed E-state index contributed by atoms with van der Waals surface area (Å²) in [5.74, 6) is -2.57. The third-order valence-corrected chi connectivity index (χ3v) is 5.37. The van der Waals surface area contributed by atoms with Gasteiger partial charge in [0, 0.05) is 19.0 Å². The molecular weight excluding hydrogens is 328 g/mol. The van der Waals surface area contributed by atoms with Gasteiger partial charge < -0.3 is 25.7 Å². The summed E-state index contributed by atoms with van der Waals surface area (Å²) in [5.41, 5.74) is 5.85. The maximum Gasteiger partial charge on any atom is 0.352 e. The Morgan fingerprint density at radius 2 is 2.12 bits per heavy atom. The Morgan fingerprint density at radius 1 is 1.44 bits per heavy atom. The molecule has 0 aromatic carbocycles. The number of amidine groups is 1. The number of carbonyl (C=O) groups excluding carboxylic acids is 2. The number of rotatable bonds is 5. The fourth-order valence-electron chi connectivity index (χ4n) is 4.23. The first kappa shape index (κ1) is 17.4. The van der Waals surface area contributed by atoms with Gasteiger partial charge in [0.25, 0.3) is 0 Å². The molecule has 0 bridgehead atoms. The minimum absolute atomic E-state index is 0.0279. The van der Waals surface area contributed by atoms with Gasteiger partial charge in [0.05, 0.1) is 24.5 Å². The van der Waals surface area contributed by atoms with E-state index in [-0.39, 0.29) is 35.8 Å². The summed E-state index contributed by atoms with van der Waals surface area (Å²) in [6, 6.07) is -0.298. The van der Waals surface area contributed by atoms with Crippen LogP contribution in [0.25, 0.3) is 0 Å². The maximum absolute atomic E-state index is 12.2. The van der Waals surface area contributed by atoms with E-state index >= 15 is 0 Å². The standard InChI is InChI=1S/C16H22N4O5/c1-7(21)13-10-4-9(14(16(24)25)20(10)15(13)23)8-2-3-19(6-8)11(17)5-12(18)22/h7-8,10,13,17,21H,2-6H2,1H3,(H2,18,22)(H,24,25)/t7-,8-,10-,13-/m1/s1. The molecule has 5 N–H and O–H groups in total. The Morgan fingerprint density at radius 3 is 2.68 bits per heavy atom. The first-order chi connectivity index (χ1) is 11.7. The molecule has 2 saturated heterocycles. The number of hydrogen-bond donors (Lipinski definition) is 4. The van der Waals surface area contributed by atoms with Gasteiger partial charge in [-0.1, -0.05) is 0 Å². The zero-order valence-corrected chi connectivity index (χ0v) is 13.9. The van der Waals surface area contributed by atoms with Gasteiger partial charge in [0.2, 0.25) is 11.8 Å².